The highest BCUT2D eigenvalue weighted by atomic mass is 32.1. The summed E-state index contributed by atoms with van der Waals surface area (Å²) in [6.45, 7) is 6.32. The number of nitrogens with zero attached hydrogens (tertiary/aromatic N) is 2. The highest BCUT2D eigenvalue weighted by Crippen LogP contribution is 2.44. The summed E-state index contributed by atoms with van der Waals surface area (Å²) in [6, 6.07) is 9.45. The number of halogens is 2. The van der Waals surface area contributed by atoms with Crippen LogP contribution in [0, 0.1) is 11.6 Å². The van der Waals surface area contributed by atoms with Gasteiger partial charge in [-0.2, -0.15) is 0 Å². The predicted molar refractivity (Wildman–Crippen MR) is 146 cm³/mol. The number of carbonyl (C=O) groups excluding carboxylic acids is 2. The van der Waals surface area contributed by atoms with Crippen molar-refractivity contribution in [2.75, 3.05) is 13.7 Å². The molecule has 0 spiro atoms. The van der Waals surface area contributed by atoms with Gasteiger partial charge in [-0.15, -0.1) is 11.3 Å². The van der Waals surface area contributed by atoms with Gasteiger partial charge in [-0.3, -0.25) is 4.79 Å². The van der Waals surface area contributed by atoms with Gasteiger partial charge in [-0.1, -0.05) is 12.1 Å². The maximum atomic E-state index is 15.3. The molecule has 0 saturated carbocycles. The third-order valence-electron chi connectivity index (χ3n) is 6.48. The molecule has 0 unspecified atom stereocenters. The fourth-order valence-corrected chi connectivity index (χ4v) is 5.74. The van der Waals surface area contributed by atoms with Gasteiger partial charge in [0, 0.05) is 45.9 Å². The Kier molecular flexibility index (Phi) is 6.76. The Morgan fingerprint density at radius 1 is 1.10 bits per heavy atom. The maximum absolute atomic E-state index is 15.3. The van der Waals surface area contributed by atoms with E-state index in [-0.39, 0.29) is 34.2 Å². The number of carbonyl (C=O) groups is 2. The van der Waals surface area contributed by atoms with E-state index in [9.17, 15) is 14.0 Å². The van der Waals surface area contributed by atoms with Gasteiger partial charge in [0.25, 0.3) is 5.91 Å². The Morgan fingerprint density at radius 2 is 1.87 bits per heavy atom. The zero-order valence-electron chi connectivity index (χ0n) is 21.9. The predicted octanol–water partition coefficient (Wildman–Crippen LogP) is 6.31. The summed E-state index contributed by atoms with van der Waals surface area (Å²) in [5.74, 6) is -1.65. The topological polar surface area (TPSA) is 94.8 Å². The second-order valence-corrected chi connectivity index (χ2v) is 11.2. The molecule has 1 aliphatic heterocycles. The Balaban J connectivity index is 1.62. The number of hydrogen-bond donors (Lipinski definition) is 1. The minimum atomic E-state index is -0.806. The number of methoxy groups -OCH3 is 1. The molecule has 0 bridgehead atoms. The summed E-state index contributed by atoms with van der Waals surface area (Å²) in [5, 5.41) is 1.58. The first kappa shape index (κ1) is 26.6. The third kappa shape index (κ3) is 5.04. The van der Waals surface area contributed by atoms with Crippen molar-refractivity contribution < 1.29 is 27.8 Å². The monoisotopic (exact) mass is 551 g/mol. The minimum Gasteiger partial charge on any atom is -0.496 e. The number of hydrogen-bond acceptors (Lipinski definition) is 6. The zero-order chi connectivity index (χ0) is 28.1. The highest BCUT2D eigenvalue weighted by Gasteiger charge is 2.28. The lowest BCUT2D eigenvalue weighted by Crippen LogP contribution is -2.39. The molecule has 0 aliphatic carbocycles. The second kappa shape index (κ2) is 9.92. The van der Waals surface area contributed by atoms with E-state index in [4.69, 9.17) is 15.2 Å². The number of thiophene rings is 1. The Morgan fingerprint density at radius 3 is 2.56 bits per heavy atom. The lowest BCUT2D eigenvalue weighted by molar-refractivity contribution is 0.0224. The van der Waals surface area contributed by atoms with E-state index in [2.05, 4.69) is 4.98 Å². The molecule has 39 heavy (non-hydrogen) atoms. The average molecular weight is 552 g/mol. The summed E-state index contributed by atoms with van der Waals surface area (Å²) < 4.78 is 40.5. The summed E-state index contributed by atoms with van der Waals surface area (Å²) in [7, 11) is 1.38. The van der Waals surface area contributed by atoms with Crippen LogP contribution in [0.2, 0.25) is 0 Å². The fraction of sp³-hybridized carbons (Fsp3) is 0.276. The molecule has 0 saturated heterocycles. The number of aromatic nitrogens is 1. The van der Waals surface area contributed by atoms with Gasteiger partial charge in [0.05, 0.1) is 18.2 Å². The Hall–Kier alpha value is -4.05. The Labute approximate surface area is 228 Å². The summed E-state index contributed by atoms with van der Waals surface area (Å²) in [5.41, 5.74) is 8.59. The quantitative estimate of drug-likeness (QED) is 0.321. The Bertz CT molecular complexity index is 1630. The van der Waals surface area contributed by atoms with Crippen molar-refractivity contribution >= 4 is 33.4 Å². The molecule has 2 N–H and O–H groups in total. The van der Waals surface area contributed by atoms with Crippen LogP contribution in [0.15, 0.2) is 41.8 Å². The molecule has 2 aromatic carbocycles. The lowest BCUT2D eigenvalue weighted by atomic mass is 9.94. The molecule has 2 aromatic heterocycles. The molecule has 7 nitrogen and oxygen atoms in total. The van der Waals surface area contributed by atoms with Crippen molar-refractivity contribution in [3.63, 3.8) is 0 Å². The number of ether oxygens (including phenoxy) is 2. The van der Waals surface area contributed by atoms with Crippen molar-refractivity contribution in [2.45, 2.75) is 39.3 Å². The molecule has 4 aromatic rings. The van der Waals surface area contributed by atoms with E-state index >= 15 is 4.39 Å². The first-order chi connectivity index (χ1) is 18.5. The van der Waals surface area contributed by atoms with Gasteiger partial charge in [0.15, 0.2) is 0 Å². The van der Waals surface area contributed by atoms with E-state index in [1.807, 2.05) is 32.9 Å². The second-order valence-electron chi connectivity index (χ2n) is 10.3. The molecule has 0 fully saturated rings. The molecule has 1 aliphatic rings. The first-order valence-corrected chi connectivity index (χ1v) is 13.2. The average Bonchev–Trinajstić information content (AvgIpc) is 3.27. The van der Waals surface area contributed by atoms with Crippen LogP contribution in [0.3, 0.4) is 0 Å². The fourth-order valence-electron chi connectivity index (χ4n) is 4.76. The van der Waals surface area contributed by atoms with Crippen molar-refractivity contribution in [3.05, 3.63) is 70.2 Å². The summed E-state index contributed by atoms with van der Waals surface area (Å²) in [6.07, 6.45) is 0.199. The molecule has 2 amide bonds. The number of fused-ring (bicyclic) bond motifs is 2. The summed E-state index contributed by atoms with van der Waals surface area (Å²) >= 11 is 1.11. The van der Waals surface area contributed by atoms with E-state index in [0.717, 1.165) is 22.5 Å². The van der Waals surface area contributed by atoms with Gasteiger partial charge in [-0.05, 0) is 56.5 Å². The lowest BCUT2D eigenvalue weighted by Gasteiger charge is -2.31. The van der Waals surface area contributed by atoms with Crippen LogP contribution in [0.5, 0.6) is 5.75 Å². The van der Waals surface area contributed by atoms with Gasteiger partial charge in [0.2, 0.25) is 0 Å². The molecule has 0 radical (unpaired) electrons. The number of amides is 2. The molecular weight excluding hydrogens is 524 g/mol. The van der Waals surface area contributed by atoms with Crippen LogP contribution in [0.4, 0.5) is 13.6 Å². The maximum Gasteiger partial charge on any atom is 0.410 e. The van der Waals surface area contributed by atoms with Crippen LogP contribution in [0.25, 0.3) is 32.5 Å². The normalized spacial score (nSPS) is 13.3. The van der Waals surface area contributed by atoms with E-state index in [1.165, 1.54) is 30.7 Å². The van der Waals surface area contributed by atoms with Gasteiger partial charge in [0.1, 0.15) is 28.7 Å². The molecule has 202 valence electrons. The van der Waals surface area contributed by atoms with Gasteiger partial charge < -0.3 is 20.1 Å². The van der Waals surface area contributed by atoms with Crippen molar-refractivity contribution in [3.8, 4) is 28.1 Å². The number of nitrogens with two attached hydrogens (primary N) is 1. The third-order valence-corrected chi connectivity index (χ3v) is 7.45. The van der Waals surface area contributed by atoms with Gasteiger partial charge in [-0.25, -0.2) is 18.6 Å². The molecule has 5 rings (SSSR count). The number of primary amides is 1. The summed E-state index contributed by atoms with van der Waals surface area (Å²) in [4.78, 5) is 31.4. The van der Waals surface area contributed by atoms with Crippen LogP contribution < -0.4 is 10.5 Å². The molecular formula is C29H27F2N3O4S. The van der Waals surface area contributed by atoms with Crippen LogP contribution >= 0.6 is 11.3 Å². The number of pyridine rings is 1. The number of benzene rings is 2. The highest BCUT2D eigenvalue weighted by molar-refractivity contribution is 7.18. The standard InChI is InChI=1S/C29H27F2N3O4S/c1-29(2,3)38-28(36)34-10-9-15-11-16(5-6-17(15)13-34)24-23-20(31)14-39-26(23)22(25(33-24)27(32)35)19-8-7-18(30)12-21(19)37-4/h5-8,11-12,14H,9-10,13H2,1-4H3,(H2,32,35). The SMILES string of the molecule is COc1cc(F)ccc1-c1c(C(N)=O)nc(-c2ccc3c(c2)CCN(C(=O)OC(C)(C)C)C3)c2c(F)csc12. The molecule has 3 heterocycles. The van der Waals surface area contributed by atoms with Crippen LogP contribution in [-0.4, -0.2) is 41.1 Å². The first-order valence-electron chi connectivity index (χ1n) is 12.3. The largest absolute Gasteiger partial charge is 0.496 e. The smallest absolute Gasteiger partial charge is 0.410 e. The van der Waals surface area contributed by atoms with E-state index < -0.39 is 23.1 Å². The van der Waals surface area contributed by atoms with E-state index in [1.54, 1.807) is 11.0 Å². The van der Waals surface area contributed by atoms with Crippen molar-refractivity contribution in [2.24, 2.45) is 5.73 Å². The number of rotatable bonds is 4. The zero-order valence-corrected chi connectivity index (χ0v) is 22.7. The van der Waals surface area contributed by atoms with Crippen molar-refractivity contribution in [1.82, 2.24) is 9.88 Å². The molecule has 10 heteroatoms. The minimum absolute atomic E-state index is 0.0712. The van der Waals surface area contributed by atoms with Crippen molar-refractivity contribution in [1.29, 1.82) is 0 Å². The van der Waals surface area contributed by atoms with Crippen LogP contribution in [-0.2, 0) is 17.7 Å². The molecule has 0 atom stereocenters. The van der Waals surface area contributed by atoms with Gasteiger partial charge >= 0.3 is 6.09 Å². The van der Waals surface area contributed by atoms with Crippen LogP contribution in [0.1, 0.15) is 42.4 Å². The van der Waals surface area contributed by atoms with E-state index in [0.29, 0.717) is 35.3 Å².